The van der Waals surface area contributed by atoms with Gasteiger partial charge in [0.2, 0.25) is 10.0 Å². The fourth-order valence-electron chi connectivity index (χ4n) is 2.44. The average Bonchev–Trinajstić information content (AvgIpc) is 2.03. The number of nitrogens with zero attached hydrogens (tertiary/aromatic N) is 2. The number of piperidine rings is 1. The normalized spacial score (nSPS) is 35.8. The van der Waals surface area contributed by atoms with E-state index < -0.39 is 10.0 Å². The largest absolute Gasteiger partial charge is 0.295 e. The molecule has 0 amide bonds. The van der Waals surface area contributed by atoms with Crippen LogP contribution in [0.15, 0.2) is 0 Å². The molecule has 0 aromatic heterocycles. The minimum atomic E-state index is -2.95. The Kier molecular flexibility index (Phi) is 2.13. The SMILES string of the molecule is CCN1C2CC1CN(S(C)(=O)=O)C2. The van der Waals surface area contributed by atoms with E-state index in [4.69, 9.17) is 0 Å². The molecule has 3 rings (SSSR count). The van der Waals surface area contributed by atoms with Gasteiger partial charge in [-0.25, -0.2) is 8.42 Å². The Balaban J connectivity index is 2.05. The molecule has 2 unspecified atom stereocenters. The Morgan fingerprint density at radius 2 is 1.85 bits per heavy atom. The van der Waals surface area contributed by atoms with Crippen molar-refractivity contribution in [3.63, 3.8) is 0 Å². The van der Waals surface area contributed by atoms with E-state index in [9.17, 15) is 8.42 Å². The van der Waals surface area contributed by atoms with Crippen LogP contribution in [-0.2, 0) is 10.0 Å². The molecular weight excluding hydrogens is 188 g/mol. The molecule has 2 bridgehead atoms. The van der Waals surface area contributed by atoms with Crippen molar-refractivity contribution in [2.75, 3.05) is 25.9 Å². The van der Waals surface area contributed by atoms with Gasteiger partial charge < -0.3 is 0 Å². The van der Waals surface area contributed by atoms with E-state index in [-0.39, 0.29) is 0 Å². The Morgan fingerprint density at radius 3 is 2.23 bits per heavy atom. The summed E-state index contributed by atoms with van der Waals surface area (Å²) < 4.78 is 24.1. The molecule has 4 nitrogen and oxygen atoms in total. The third kappa shape index (κ3) is 1.49. The Morgan fingerprint density at radius 1 is 1.31 bits per heavy atom. The van der Waals surface area contributed by atoms with Gasteiger partial charge in [0.05, 0.1) is 6.26 Å². The molecule has 3 saturated heterocycles. The summed E-state index contributed by atoms with van der Waals surface area (Å²) in [7, 11) is -2.95. The molecule has 0 saturated carbocycles. The van der Waals surface area contributed by atoms with E-state index >= 15 is 0 Å². The lowest BCUT2D eigenvalue weighted by Crippen LogP contribution is -2.68. The lowest BCUT2D eigenvalue weighted by Gasteiger charge is -2.55. The zero-order valence-electron chi connectivity index (χ0n) is 8.10. The number of likely N-dealkylation sites (N-methyl/N-ethyl adjacent to an activating group) is 1. The zero-order valence-corrected chi connectivity index (χ0v) is 8.92. The van der Waals surface area contributed by atoms with E-state index in [0.717, 1.165) is 6.54 Å². The first-order valence-electron chi connectivity index (χ1n) is 4.73. The summed E-state index contributed by atoms with van der Waals surface area (Å²) in [6.07, 6.45) is 2.48. The molecular formula is C8H16N2O2S. The summed E-state index contributed by atoms with van der Waals surface area (Å²) in [5, 5.41) is 0. The molecule has 3 heterocycles. The van der Waals surface area contributed by atoms with Gasteiger partial charge in [-0.1, -0.05) is 6.92 Å². The number of fused-ring (bicyclic) bond motifs is 2. The van der Waals surface area contributed by atoms with Gasteiger partial charge in [-0.05, 0) is 13.0 Å². The maximum atomic E-state index is 11.3. The lowest BCUT2D eigenvalue weighted by molar-refractivity contribution is -0.0385. The van der Waals surface area contributed by atoms with Crippen LogP contribution in [-0.4, -0.2) is 55.6 Å². The van der Waals surface area contributed by atoms with Gasteiger partial charge in [-0.2, -0.15) is 4.31 Å². The van der Waals surface area contributed by atoms with Crippen molar-refractivity contribution in [2.45, 2.75) is 25.4 Å². The second-order valence-corrected chi connectivity index (χ2v) is 5.94. The first kappa shape index (κ1) is 9.43. The van der Waals surface area contributed by atoms with Crippen LogP contribution < -0.4 is 0 Å². The monoisotopic (exact) mass is 204 g/mol. The number of piperazine rings is 1. The minimum Gasteiger partial charge on any atom is -0.295 e. The molecule has 0 aromatic rings. The Hall–Kier alpha value is -0.130. The van der Waals surface area contributed by atoms with Crippen LogP contribution in [0.2, 0.25) is 0 Å². The molecule has 0 spiro atoms. The van der Waals surface area contributed by atoms with Crippen LogP contribution in [0.3, 0.4) is 0 Å². The van der Waals surface area contributed by atoms with Crippen molar-refractivity contribution in [1.29, 1.82) is 0 Å². The number of hydrogen-bond acceptors (Lipinski definition) is 3. The molecule has 0 aliphatic carbocycles. The fourth-order valence-corrected chi connectivity index (χ4v) is 3.32. The molecule has 76 valence electrons. The van der Waals surface area contributed by atoms with Crippen LogP contribution in [0.4, 0.5) is 0 Å². The van der Waals surface area contributed by atoms with Gasteiger partial charge in [-0.3, -0.25) is 4.90 Å². The van der Waals surface area contributed by atoms with Crippen molar-refractivity contribution in [2.24, 2.45) is 0 Å². The summed E-state index contributed by atoms with van der Waals surface area (Å²) in [5.74, 6) is 0. The zero-order chi connectivity index (χ0) is 9.64. The minimum absolute atomic E-state index is 0.485. The quantitative estimate of drug-likeness (QED) is 0.621. The van der Waals surface area contributed by atoms with Gasteiger partial charge in [0.1, 0.15) is 0 Å². The smallest absolute Gasteiger partial charge is 0.211 e. The first-order valence-corrected chi connectivity index (χ1v) is 6.58. The number of hydrogen-bond donors (Lipinski definition) is 0. The van der Waals surface area contributed by atoms with Crippen molar-refractivity contribution in [1.82, 2.24) is 9.21 Å². The third-order valence-corrected chi connectivity index (χ3v) is 4.38. The Bertz CT molecular complexity index is 289. The molecule has 3 fully saturated rings. The van der Waals surface area contributed by atoms with Gasteiger partial charge in [-0.15, -0.1) is 0 Å². The molecule has 0 aromatic carbocycles. The predicted octanol–water partition coefficient (Wildman–Crippen LogP) is -0.276. The predicted molar refractivity (Wildman–Crippen MR) is 51.0 cm³/mol. The van der Waals surface area contributed by atoms with E-state index in [2.05, 4.69) is 11.8 Å². The van der Waals surface area contributed by atoms with Crippen LogP contribution in [0.5, 0.6) is 0 Å². The summed E-state index contributed by atoms with van der Waals surface area (Å²) in [6, 6.07) is 0.969. The molecule has 0 radical (unpaired) electrons. The standard InChI is InChI=1S/C8H16N2O2S/c1-3-10-7-4-8(10)6-9(5-7)13(2,11)12/h7-8H,3-6H2,1-2H3. The summed E-state index contributed by atoms with van der Waals surface area (Å²) in [5.41, 5.74) is 0. The highest BCUT2D eigenvalue weighted by Crippen LogP contribution is 2.32. The third-order valence-electron chi connectivity index (χ3n) is 3.15. The maximum Gasteiger partial charge on any atom is 0.211 e. The van der Waals surface area contributed by atoms with Crippen LogP contribution in [0, 0.1) is 0 Å². The lowest BCUT2D eigenvalue weighted by atomic mass is 9.89. The highest BCUT2D eigenvalue weighted by molar-refractivity contribution is 7.88. The van der Waals surface area contributed by atoms with Crippen molar-refractivity contribution in [3.8, 4) is 0 Å². The highest BCUT2D eigenvalue weighted by atomic mass is 32.2. The van der Waals surface area contributed by atoms with Crippen molar-refractivity contribution >= 4 is 10.0 Å². The van der Waals surface area contributed by atoms with E-state index in [1.54, 1.807) is 4.31 Å². The van der Waals surface area contributed by atoms with Gasteiger partial charge in [0.25, 0.3) is 0 Å². The molecule has 0 N–H and O–H groups in total. The molecule has 13 heavy (non-hydrogen) atoms. The Labute approximate surface area is 79.6 Å². The van der Waals surface area contributed by atoms with Crippen LogP contribution in [0.25, 0.3) is 0 Å². The van der Waals surface area contributed by atoms with Crippen LogP contribution >= 0.6 is 0 Å². The van der Waals surface area contributed by atoms with Gasteiger partial charge in [0.15, 0.2) is 0 Å². The molecule has 2 atom stereocenters. The molecule has 3 aliphatic heterocycles. The van der Waals surface area contributed by atoms with E-state index in [1.165, 1.54) is 12.7 Å². The average molecular weight is 204 g/mol. The van der Waals surface area contributed by atoms with Crippen molar-refractivity contribution in [3.05, 3.63) is 0 Å². The number of rotatable bonds is 2. The van der Waals surface area contributed by atoms with Crippen molar-refractivity contribution < 1.29 is 8.42 Å². The topological polar surface area (TPSA) is 40.6 Å². The van der Waals surface area contributed by atoms with Gasteiger partial charge >= 0.3 is 0 Å². The summed E-state index contributed by atoms with van der Waals surface area (Å²) in [4.78, 5) is 2.39. The first-order chi connectivity index (χ1) is 6.02. The molecule has 3 aliphatic rings. The van der Waals surface area contributed by atoms with E-state index in [1.807, 2.05) is 0 Å². The van der Waals surface area contributed by atoms with Gasteiger partial charge in [0, 0.05) is 25.2 Å². The number of sulfonamides is 1. The second-order valence-electron chi connectivity index (χ2n) is 3.95. The second kappa shape index (κ2) is 2.93. The highest BCUT2D eigenvalue weighted by Gasteiger charge is 2.45. The van der Waals surface area contributed by atoms with Crippen LogP contribution in [0.1, 0.15) is 13.3 Å². The fraction of sp³-hybridized carbons (Fsp3) is 1.00. The van der Waals surface area contributed by atoms with E-state index in [0.29, 0.717) is 25.2 Å². The summed E-state index contributed by atoms with van der Waals surface area (Å²) in [6.45, 7) is 4.58. The molecule has 5 heteroatoms. The maximum absolute atomic E-state index is 11.3. The summed E-state index contributed by atoms with van der Waals surface area (Å²) >= 11 is 0.